The van der Waals surface area contributed by atoms with Gasteiger partial charge in [0.15, 0.2) is 11.6 Å². The lowest BCUT2D eigenvalue weighted by Gasteiger charge is -2.58. The summed E-state index contributed by atoms with van der Waals surface area (Å²) in [6.07, 6.45) is 7.25. The summed E-state index contributed by atoms with van der Waals surface area (Å²) in [5.41, 5.74) is 2.64. The fraction of sp³-hybridized carbons (Fsp3) is 0.387. The van der Waals surface area contributed by atoms with Crippen molar-refractivity contribution >= 4 is 23.8 Å². The minimum atomic E-state index is -1.07. The second kappa shape index (κ2) is 12.2. The Kier molecular flexibility index (Phi) is 8.93. The van der Waals surface area contributed by atoms with Crippen molar-refractivity contribution in [3.63, 3.8) is 0 Å². The van der Waals surface area contributed by atoms with Gasteiger partial charge in [-0.25, -0.2) is 19.0 Å². The molecular formula is C31H39F3N6. The number of nitrogens with one attached hydrogen (secondary N) is 1. The number of aliphatic imine (C=N–C) groups is 1. The molecule has 2 aromatic carbocycles. The monoisotopic (exact) mass is 552 g/mol. The highest BCUT2D eigenvalue weighted by molar-refractivity contribution is 5.78. The highest BCUT2D eigenvalue weighted by Crippen LogP contribution is 2.45. The molecule has 0 spiro atoms. The number of hydrogen-bond acceptors (Lipinski definition) is 6. The number of benzene rings is 2. The molecule has 3 N–H and O–H groups in total. The van der Waals surface area contributed by atoms with Gasteiger partial charge < -0.3 is 20.1 Å². The van der Waals surface area contributed by atoms with Crippen LogP contribution in [-0.2, 0) is 0 Å². The molecule has 0 radical (unpaired) electrons. The Bertz CT molecular complexity index is 1300. The van der Waals surface area contributed by atoms with Crippen molar-refractivity contribution in [2.45, 2.75) is 45.6 Å². The number of hydrogen-bond donors (Lipinski definition) is 2. The molecule has 0 bridgehead atoms. The van der Waals surface area contributed by atoms with Crippen LogP contribution in [0.4, 0.5) is 24.5 Å². The van der Waals surface area contributed by atoms with Crippen molar-refractivity contribution < 1.29 is 13.2 Å². The Labute approximate surface area is 235 Å². The molecule has 0 saturated carbocycles. The Morgan fingerprint density at radius 1 is 1.18 bits per heavy atom. The number of nitrogens with zero attached hydrogens (tertiary/aromatic N) is 4. The maximum absolute atomic E-state index is 15.0. The standard InChI is InChI=1S/C31H39F3N6/c1-21-9-12-27(26(33)18-21)37-30-24(10-11-25(32)29(30)34)23(3)38-19-31(4,20-38)28-8-6-7-15-40(28)22(2)13-16-39(35)17-14-36-5/h9-12,14,17-18,28,37H,2-3,5-8,13,15-16,19-20,35H2,1,4H3/b17-14-. The Morgan fingerprint density at radius 3 is 2.62 bits per heavy atom. The molecule has 2 saturated heterocycles. The van der Waals surface area contributed by atoms with Crippen molar-refractivity contribution in [1.29, 1.82) is 0 Å². The van der Waals surface area contributed by atoms with Gasteiger partial charge in [-0.15, -0.1) is 0 Å². The van der Waals surface area contributed by atoms with Crippen LogP contribution in [0.3, 0.4) is 0 Å². The van der Waals surface area contributed by atoms with Crippen molar-refractivity contribution in [1.82, 2.24) is 14.8 Å². The second-order valence-corrected chi connectivity index (χ2v) is 11.1. The summed E-state index contributed by atoms with van der Waals surface area (Å²) in [6.45, 7) is 19.0. The third-order valence-electron chi connectivity index (χ3n) is 8.01. The van der Waals surface area contributed by atoms with Crippen LogP contribution in [0.2, 0.25) is 0 Å². The van der Waals surface area contributed by atoms with Gasteiger partial charge in [0.05, 0.1) is 11.4 Å². The van der Waals surface area contributed by atoms with Gasteiger partial charge >= 0.3 is 0 Å². The number of aryl methyl sites for hydroxylation is 1. The Morgan fingerprint density at radius 2 is 1.93 bits per heavy atom. The molecule has 0 aliphatic carbocycles. The quantitative estimate of drug-likeness (QED) is 0.188. The number of halogens is 3. The van der Waals surface area contributed by atoms with Gasteiger partial charge in [0.25, 0.3) is 0 Å². The van der Waals surface area contributed by atoms with Crippen molar-refractivity contribution in [2.75, 3.05) is 31.5 Å². The lowest BCUT2D eigenvalue weighted by molar-refractivity contribution is -0.0306. The van der Waals surface area contributed by atoms with Gasteiger partial charge in [-0.1, -0.05) is 26.1 Å². The van der Waals surface area contributed by atoms with Crippen LogP contribution in [0.1, 0.15) is 43.7 Å². The first-order valence-electron chi connectivity index (χ1n) is 13.6. The molecule has 2 aromatic rings. The van der Waals surface area contributed by atoms with Crippen LogP contribution in [-0.4, -0.2) is 53.7 Å². The molecule has 1 atom stereocenters. The minimum Gasteiger partial charge on any atom is -0.372 e. The molecular weight excluding hydrogens is 513 g/mol. The van der Waals surface area contributed by atoms with E-state index in [0.717, 1.165) is 49.6 Å². The first-order valence-corrected chi connectivity index (χ1v) is 13.6. The van der Waals surface area contributed by atoms with Crippen molar-refractivity contribution in [3.05, 3.63) is 90.2 Å². The molecule has 6 nitrogen and oxygen atoms in total. The zero-order valence-electron chi connectivity index (χ0n) is 23.4. The minimum absolute atomic E-state index is 0.0450. The lowest BCUT2D eigenvalue weighted by Crippen LogP contribution is -2.64. The average molecular weight is 553 g/mol. The first-order chi connectivity index (χ1) is 19.0. The topological polar surface area (TPSA) is 60.1 Å². The van der Waals surface area contributed by atoms with E-state index in [-0.39, 0.29) is 16.8 Å². The zero-order chi connectivity index (χ0) is 29.0. The third kappa shape index (κ3) is 6.20. The highest BCUT2D eigenvalue weighted by atomic mass is 19.2. The molecule has 1 unspecified atom stereocenters. The number of rotatable bonds is 11. The highest BCUT2D eigenvalue weighted by Gasteiger charge is 2.48. The lowest BCUT2D eigenvalue weighted by atomic mass is 9.70. The van der Waals surface area contributed by atoms with E-state index >= 15 is 4.39 Å². The molecule has 2 aliphatic rings. The van der Waals surface area contributed by atoms with Crippen LogP contribution in [0, 0.1) is 29.8 Å². The second-order valence-electron chi connectivity index (χ2n) is 11.1. The van der Waals surface area contributed by atoms with Gasteiger partial charge in [0.1, 0.15) is 5.82 Å². The summed E-state index contributed by atoms with van der Waals surface area (Å²) >= 11 is 0. The van der Waals surface area contributed by atoms with E-state index in [4.69, 9.17) is 5.84 Å². The van der Waals surface area contributed by atoms with E-state index in [9.17, 15) is 8.78 Å². The first kappa shape index (κ1) is 29.3. The van der Waals surface area contributed by atoms with Gasteiger partial charge in [0.2, 0.25) is 0 Å². The van der Waals surface area contributed by atoms with E-state index in [1.807, 2.05) is 0 Å². The molecule has 0 amide bonds. The predicted molar refractivity (Wildman–Crippen MR) is 157 cm³/mol. The summed E-state index contributed by atoms with van der Waals surface area (Å²) in [5, 5.41) is 4.35. The summed E-state index contributed by atoms with van der Waals surface area (Å²) in [4.78, 5) is 8.18. The van der Waals surface area contributed by atoms with Crippen LogP contribution in [0.25, 0.3) is 5.70 Å². The van der Waals surface area contributed by atoms with Gasteiger partial charge in [-0.3, -0.25) is 4.99 Å². The maximum Gasteiger partial charge on any atom is 0.182 e. The molecule has 2 aliphatic heterocycles. The van der Waals surface area contributed by atoms with Gasteiger partial charge in [0, 0.05) is 73.4 Å². The largest absolute Gasteiger partial charge is 0.372 e. The number of piperidine rings is 1. The van der Waals surface area contributed by atoms with Crippen molar-refractivity contribution in [3.8, 4) is 0 Å². The third-order valence-corrected chi connectivity index (χ3v) is 8.01. The van der Waals surface area contributed by atoms with Crippen LogP contribution in [0.15, 0.2) is 66.6 Å². The molecule has 9 heteroatoms. The average Bonchev–Trinajstić information content (AvgIpc) is 2.92. The van der Waals surface area contributed by atoms with E-state index in [1.165, 1.54) is 18.2 Å². The molecule has 2 fully saturated rings. The normalized spacial score (nSPS) is 18.4. The molecule has 214 valence electrons. The number of nitrogens with two attached hydrogens (primary N) is 1. The maximum atomic E-state index is 15.0. The van der Waals surface area contributed by atoms with Gasteiger partial charge in [-0.2, -0.15) is 0 Å². The van der Waals surface area contributed by atoms with Crippen molar-refractivity contribution in [2.24, 2.45) is 16.3 Å². The fourth-order valence-electron chi connectivity index (χ4n) is 5.81. The molecule has 40 heavy (non-hydrogen) atoms. The Balaban J connectivity index is 1.47. The van der Waals surface area contributed by atoms with Crippen LogP contribution >= 0.6 is 0 Å². The van der Waals surface area contributed by atoms with E-state index in [0.29, 0.717) is 36.9 Å². The molecule has 0 aromatic heterocycles. The molecule has 2 heterocycles. The number of hydrazine groups is 1. The van der Waals surface area contributed by atoms with E-state index in [2.05, 4.69) is 46.9 Å². The fourth-order valence-corrected chi connectivity index (χ4v) is 5.81. The van der Waals surface area contributed by atoms with Crippen LogP contribution in [0.5, 0.6) is 0 Å². The number of anilines is 2. The Hall–Kier alpha value is -3.72. The summed E-state index contributed by atoms with van der Waals surface area (Å²) in [5.74, 6) is 3.39. The van der Waals surface area contributed by atoms with E-state index in [1.54, 1.807) is 30.4 Å². The van der Waals surface area contributed by atoms with Gasteiger partial charge in [-0.05, 0) is 62.7 Å². The summed E-state index contributed by atoms with van der Waals surface area (Å²) in [6, 6.07) is 7.44. The molecule has 4 rings (SSSR count). The zero-order valence-corrected chi connectivity index (χ0v) is 23.4. The summed E-state index contributed by atoms with van der Waals surface area (Å²) < 4.78 is 43.8. The van der Waals surface area contributed by atoms with Crippen LogP contribution < -0.4 is 11.2 Å². The smallest absolute Gasteiger partial charge is 0.182 e. The SMILES string of the molecule is C=N/C=C\N(N)CCC(=C)N1CCCCC1C1(C)CN(C(=C)c2ccc(F)c(F)c2Nc2ccc(C)cc2F)C1. The predicted octanol–water partition coefficient (Wildman–Crippen LogP) is 6.55. The summed E-state index contributed by atoms with van der Waals surface area (Å²) in [7, 11) is 0. The number of likely N-dealkylation sites (tertiary alicyclic amines) is 2. The van der Waals surface area contributed by atoms with E-state index < -0.39 is 17.5 Å².